The first-order valence-corrected chi connectivity index (χ1v) is 11.4. The molecule has 0 nitrogen and oxygen atoms in total. The van der Waals surface area contributed by atoms with E-state index >= 15 is 0 Å². The van der Waals surface area contributed by atoms with E-state index in [9.17, 15) is 0 Å². The van der Waals surface area contributed by atoms with Gasteiger partial charge in [-0.25, -0.2) is 0 Å². The van der Waals surface area contributed by atoms with Gasteiger partial charge in [0.25, 0.3) is 0 Å². The number of hydrogen-bond donors (Lipinski definition) is 0. The topological polar surface area (TPSA) is 0 Å². The lowest BCUT2D eigenvalue weighted by molar-refractivity contribution is 0.569. The van der Waals surface area contributed by atoms with Crippen molar-refractivity contribution in [3.8, 4) is 11.1 Å². The molecule has 0 fully saturated rings. The average molecular weight is 389 g/mol. The van der Waals surface area contributed by atoms with Gasteiger partial charge in [0.15, 0.2) is 0 Å². The molecule has 0 atom stereocenters. The van der Waals surface area contributed by atoms with Gasteiger partial charge in [0.2, 0.25) is 0 Å². The molecule has 29 heavy (non-hydrogen) atoms. The van der Waals surface area contributed by atoms with Crippen molar-refractivity contribution in [3.05, 3.63) is 63.7 Å². The number of allylic oxidation sites excluding steroid dienone is 1. The summed E-state index contributed by atoms with van der Waals surface area (Å²) in [6.07, 6.45) is 6.06. The summed E-state index contributed by atoms with van der Waals surface area (Å²) in [4.78, 5) is 0. The third kappa shape index (κ3) is 4.52. The Hall–Kier alpha value is -1.82. The number of hydrogen-bond acceptors (Lipinski definition) is 0. The zero-order chi connectivity index (χ0) is 21.6. The van der Waals surface area contributed by atoms with E-state index in [4.69, 9.17) is 0 Å². The van der Waals surface area contributed by atoms with Crippen molar-refractivity contribution in [1.29, 1.82) is 0 Å². The van der Waals surface area contributed by atoms with Gasteiger partial charge < -0.3 is 0 Å². The van der Waals surface area contributed by atoms with Crippen molar-refractivity contribution in [3.63, 3.8) is 0 Å². The molecule has 0 heterocycles. The lowest BCUT2D eigenvalue weighted by Crippen LogP contribution is -2.16. The summed E-state index contributed by atoms with van der Waals surface area (Å²) in [5.74, 6) is 0.510. The molecule has 0 radical (unpaired) electrons. The predicted octanol–water partition coefficient (Wildman–Crippen LogP) is 8.81. The fraction of sp³-hybridized carbons (Fsp3) is 0.517. The summed E-state index contributed by atoms with van der Waals surface area (Å²) >= 11 is 0. The maximum Gasteiger partial charge on any atom is -0.00576 e. The smallest absolute Gasteiger partial charge is 0.00576 e. The second-order valence-electron chi connectivity index (χ2n) is 11.3. The molecule has 0 heteroatoms. The molecule has 0 saturated carbocycles. The van der Waals surface area contributed by atoms with Crippen molar-refractivity contribution in [1.82, 2.24) is 0 Å². The molecule has 0 N–H and O–H groups in total. The third-order valence-corrected chi connectivity index (χ3v) is 6.28. The minimum absolute atomic E-state index is 0.134. The highest BCUT2D eigenvalue weighted by molar-refractivity contribution is 5.84. The number of benzene rings is 2. The van der Waals surface area contributed by atoms with Crippen molar-refractivity contribution in [2.45, 2.75) is 98.3 Å². The minimum atomic E-state index is 0.134. The van der Waals surface area contributed by atoms with Crippen LogP contribution in [0.25, 0.3) is 17.2 Å². The molecule has 0 bridgehead atoms. The second kappa shape index (κ2) is 7.78. The number of rotatable bonds is 4. The van der Waals surface area contributed by atoms with Crippen LogP contribution < -0.4 is 0 Å². The zero-order valence-corrected chi connectivity index (χ0v) is 20.2. The van der Waals surface area contributed by atoms with E-state index in [0.717, 1.165) is 6.42 Å². The second-order valence-corrected chi connectivity index (χ2v) is 11.3. The molecule has 2 aromatic carbocycles. The lowest BCUT2D eigenvalue weighted by atomic mass is 9.77. The van der Waals surface area contributed by atoms with Crippen LogP contribution in [0, 0.1) is 0 Å². The average Bonchev–Trinajstić information content (AvgIpc) is 3.01. The van der Waals surface area contributed by atoms with Gasteiger partial charge in [0, 0.05) is 0 Å². The maximum atomic E-state index is 2.50. The Morgan fingerprint density at radius 2 is 1.45 bits per heavy atom. The fourth-order valence-corrected chi connectivity index (χ4v) is 4.42. The largest absolute Gasteiger partial charge is 0.0652 e. The third-order valence-electron chi connectivity index (χ3n) is 6.28. The minimum Gasteiger partial charge on any atom is -0.0652 e. The Labute approximate surface area is 179 Å². The van der Waals surface area contributed by atoms with Crippen LogP contribution in [0.2, 0.25) is 0 Å². The molecule has 156 valence electrons. The highest BCUT2D eigenvalue weighted by atomic mass is 14.3. The van der Waals surface area contributed by atoms with Crippen LogP contribution in [0.5, 0.6) is 0 Å². The summed E-state index contributed by atoms with van der Waals surface area (Å²) in [6, 6.07) is 12.1. The zero-order valence-electron chi connectivity index (χ0n) is 20.2. The highest BCUT2D eigenvalue weighted by Gasteiger charge is 2.25. The quantitative estimate of drug-likeness (QED) is 0.491. The highest BCUT2D eigenvalue weighted by Crippen LogP contribution is 2.42. The first-order valence-electron chi connectivity index (χ1n) is 11.4. The van der Waals surface area contributed by atoms with Crippen LogP contribution in [0.4, 0.5) is 0 Å². The first kappa shape index (κ1) is 21.9. The molecule has 0 aromatic heterocycles. The maximum absolute atomic E-state index is 2.50. The summed E-state index contributed by atoms with van der Waals surface area (Å²) in [6.45, 7) is 20.9. The molecular formula is C29H40. The SMILES string of the molecule is CCCC1=Cc2c(ccc(C(C)C)c2-c2cc(C(C)(C)C)cc(C(C)(C)C)c2)C1. The Balaban J connectivity index is 2.32. The first-order chi connectivity index (χ1) is 13.4. The molecule has 0 saturated heterocycles. The molecule has 0 aliphatic heterocycles. The van der Waals surface area contributed by atoms with Crippen LogP contribution in [0.3, 0.4) is 0 Å². The molecule has 1 aliphatic rings. The van der Waals surface area contributed by atoms with Gasteiger partial charge in [-0.1, -0.05) is 111 Å². The van der Waals surface area contributed by atoms with Crippen LogP contribution in [-0.2, 0) is 17.3 Å². The van der Waals surface area contributed by atoms with Gasteiger partial charge >= 0.3 is 0 Å². The molecule has 2 aromatic rings. The predicted molar refractivity (Wildman–Crippen MR) is 130 cm³/mol. The molecule has 1 aliphatic carbocycles. The van der Waals surface area contributed by atoms with E-state index in [-0.39, 0.29) is 10.8 Å². The fourth-order valence-electron chi connectivity index (χ4n) is 4.42. The van der Waals surface area contributed by atoms with Crippen LogP contribution in [-0.4, -0.2) is 0 Å². The van der Waals surface area contributed by atoms with Crippen LogP contribution in [0.1, 0.15) is 109 Å². The summed E-state index contributed by atoms with van der Waals surface area (Å²) in [5, 5.41) is 0. The molecule has 0 spiro atoms. The Kier molecular flexibility index (Phi) is 5.87. The van der Waals surface area contributed by atoms with E-state index in [2.05, 4.69) is 98.7 Å². The van der Waals surface area contributed by atoms with Gasteiger partial charge in [-0.2, -0.15) is 0 Å². The van der Waals surface area contributed by atoms with E-state index in [1.807, 2.05) is 0 Å². The summed E-state index contributed by atoms with van der Waals surface area (Å²) < 4.78 is 0. The molecular weight excluding hydrogens is 348 g/mol. The van der Waals surface area contributed by atoms with Gasteiger partial charge in [0.05, 0.1) is 0 Å². The molecule has 0 amide bonds. The molecule has 0 unspecified atom stereocenters. The Morgan fingerprint density at radius 3 is 1.93 bits per heavy atom. The van der Waals surface area contributed by atoms with Crippen molar-refractivity contribution in [2.24, 2.45) is 0 Å². The Bertz CT molecular complexity index is 891. The van der Waals surface area contributed by atoms with Crippen LogP contribution >= 0.6 is 0 Å². The van der Waals surface area contributed by atoms with Gasteiger partial charge in [-0.05, 0) is 68.5 Å². The number of fused-ring (bicyclic) bond motifs is 1. The summed E-state index contributed by atoms with van der Waals surface area (Å²) in [7, 11) is 0. The molecule has 3 rings (SSSR count). The van der Waals surface area contributed by atoms with E-state index in [0.29, 0.717) is 5.92 Å². The van der Waals surface area contributed by atoms with Crippen molar-refractivity contribution in [2.75, 3.05) is 0 Å². The standard InChI is InChI=1S/C29H40/c1-10-11-20-14-21-12-13-25(19(2)3)27(26(21)15-20)22-16-23(28(4,5)6)18-24(17-22)29(7,8)9/h12-13,15-19H,10-11,14H2,1-9H3. The van der Waals surface area contributed by atoms with E-state index in [1.165, 1.54) is 51.8 Å². The summed E-state index contributed by atoms with van der Waals surface area (Å²) in [5.41, 5.74) is 12.1. The van der Waals surface area contributed by atoms with Crippen molar-refractivity contribution >= 4 is 6.08 Å². The van der Waals surface area contributed by atoms with Crippen LogP contribution in [0.15, 0.2) is 35.9 Å². The van der Waals surface area contributed by atoms with Gasteiger partial charge in [-0.3, -0.25) is 0 Å². The van der Waals surface area contributed by atoms with Gasteiger partial charge in [-0.15, -0.1) is 0 Å². The van der Waals surface area contributed by atoms with E-state index in [1.54, 1.807) is 5.57 Å². The van der Waals surface area contributed by atoms with Gasteiger partial charge in [0.1, 0.15) is 0 Å². The van der Waals surface area contributed by atoms with E-state index < -0.39 is 0 Å². The lowest BCUT2D eigenvalue weighted by Gasteiger charge is -2.27. The monoisotopic (exact) mass is 388 g/mol. The normalized spacial score (nSPS) is 14.3. The Morgan fingerprint density at radius 1 is 0.862 bits per heavy atom. The van der Waals surface area contributed by atoms with Crippen molar-refractivity contribution < 1.29 is 0 Å².